The van der Waals surface area contributed by atoms with Crippen molar-refractivity contribution in [1.29, 1.82) is 0 Å². The van der Waals surface area contributed by atoms with Crippen molar-refractivity contribution < 1.29 is 13.2 Å². The van der Waals surface area contributed by atoms with Crippen LogP contribution in [0.15, 0.2) is 53.4 Å². The third-order valence-electron chi connectivity index (χ3n) is 7.06. The topological polar surface area (TPSA) is 57.7 Å². The van der Waals surface area contributed by atoms with Crippen molar-refractivity contribution in [3.05, 3.63) is 65.2 Å². The standard InChI is InChI=1S/C26H34N2O3S/c1-20-8-9-21(2)25(18-20)32(30,31)28-16-12-24(13-17-28)26(29)27-14-10-23(11-15-27)19-22-6-4-3-5-7-22/h3-9,18,23-24H,10-17,19H2,1-2H3. The van der Waals surface area contributed by atoms with Crippen LogP contribution in [0, 0.1) is 25.7 Å². The van der Waals surface area contributed by atoms with E-state index in [-0.39, 0.29) is 11.8 Å². The Morgan fingerprint density at radius 3 is 2.22 bits per heavy atom. The molecule has 2 aliphatic rings. The second-order valence-electron chi connectivity index (χ2n) is 9.41. The molecule has 0 spiro atoms. The van der Waals surface area contributed by atoms with Gasteiger partial charge in [-0.05, 0) is 74.6 Å². The largest absolute Gasteiger partial charge is 0.342 e. The number of hydrogen-bond donors (Lipinski definition) is 0. The molecular weight excluding hydrogens is 420 g/mol. The molecule has 0 atom stereocenters. The second kappa shape index (κ2) is 9.75. The summed E-state index contributed by atoms with van der Waals surface area (Å²) in [5.74, 6) is 0.781. The number of likely N-dealkylation sites (tertiary alicyclic amines) is 1. The van der Waals surface area contributed by atoms with Crippen molar-refractivity contribution in [3.63, 3.8) is 0 Å². The van der Waals surface area contributed by atoms with Crippen LogP contribution in [0.5, 0.6) is 0 Å². The molecule has 0 aliphatic carbocycles. The first kappa shape index (κ1) is 23.0. The van der Waals surface area contributed by atoms with E-state index >= 15 is 0 Å². The summed E-state index contributed by atoms with van der Waals surface area (Å²) < 4.78 is 27.9. The Labute approximate surface area is 192 Å². The Morgan fingerprint density at radius 2 is 1.56 bits per heavy atom. The van der Waals surface area contributed by atoms with Gasteiger partial charge >= 0.3 is 0 Å². The lowest BCUT2D eigenvalue weighted by Crippen LogP contribution is -2.46. The molecule has 2 aromatic rings. The third-order valence-corrected chi connectivity index (χ3v) is 9.10. The monoisotopic (exact) mass is 454 g/mol. The molecule has 2 heterocycles. The Balaban J connectivity index is 1.30. The van der Waals surface area contributed by atoms with E-state index in [0.29, 0.717) is 36.7 Å². The van der Waals surface area contributed by atoms with Crippen molar-refractivity contribution in [3.8, 4) is 0 Å². The number of carbonyl (C=O) groups is 1. The molecule has 2 aromatic carbocycles. The lowest BCUT2D eigenvalue weighted by atomic mass is 9.89. The van der Waals surface area contributed by atoms with Gasteiger partial charge in [0.2, 0.25) is 15.9 Å². The summed E-state index contributed by atoms with van der Waals surface area (Å²) in [5, 5.41) is 0. The van der Waals surface area contributed by atoms with Crippen molar-refractivity contribution in [1.82, 2.24) is 9.21 Å². The van der Waals surface area contributed by atoms with Gasteiger partial charge < -0.3 is 4.90 Å². The number of nitrogens with zero attached hydrogens (tertiary/aromatic N) is 2. The normalized spacial score (nSPS) is 19.2. The van der Waals surface area contributed by atoms with Crippen LogP contribution in [0.4, 0.5) is 0 Å². The molecule has 2 aliphatic heterocycles. The number of amides is 1. The fourth-order valence-corrected chi connectivity index (χ4v) is 6.81. The highest BCUT2D eigenvalue weighted by molar-refractivity contribution is 7.89. The first-order chi connectivity index (χ1) is 15.3. The molecular formula is C26H34N2O3S. The molecule has 0 unspecified atom stereocenters. The van der Waals surface area contributed by atoms with Crippen molar-refractivity contribution in [2.45, 2.75) is 50.8 Å². The summed E-state index contributed by atoms with van der Waals surface area (Å²) in [4.78, 5) is 15.5. The van der Waals surface area contributed by atoms with Crippen LogP contribution in [0.1, 0.15) is 42.4 Å². The summed E-state index contributed by atoms with van der Waals surface area (Å²) in [6.07, 6.45) is 4.37. The van der Waals surface area contributed by atoms with Gasteiger partial charge in [-0.1, -0.05) is 42.5 Å². The molecule has 5 nitrogen and oxygen atoms in total. The minimum Gasteiger partial charge on any atom is -0.342 e. The number of piperidine rings is 2. The van der Waals surface area contributed by atoms with E-state index in [0.717, 1.165) is 43.5 Å². The SMILES string of the molecule is Cc1ccc(C)c(S(=O)(=O)N2CCC(C(=O)N3CCC(Cc4ccccc4)CC3)CC2)c1. The molecule has 2 fully saturated rings. The van der Waals surface area contributed by atoms with Gasteiger partial charge in [-0.3, -0.25) is 4.79 Å². The highest BCUT2D eigenvalue weighted by Gasteiger charge is 2.35. The van der Waals surface area contributed by atoms with Gasteiger partial charge in [0.15, 0.2) is 0 Å². The van der Waals surface area contributed by atoms with Gasteiger partial charge in [0.1, 0.15) is 0 Å². The summed E-state index contributed by atoms with van der Waals surface area (Å²) in [7, 11) is -3.52. The Hall–Kier alpha value is -2.18. The lowest BCUT2D eigenvalue weighted by Gasteiger charge is -2.37. The average molecular weight is 455 g/mol. The fraction of sp³-hybridized carbons (Fsp3) is 0.500. The summed E-state index contributed by atoms with van der Waals surface area (Å²) in [6.45, 7) is 6.21. The number of benzene rings is 2. The number of carbonyl (C=O) groups excluding carboxylic acids is 1. The molecule has 32 heavy (non-hydrogen) atoms. The number of hydrogen-bond acceptors (Lipinski definition) is 3. The molecule has 0 saturated carbocycles. The van der Waals surface area contributed by atoms with Crippen molar-refractivity contribution in [2.24, 2.45) is 11.8 Å². The van der Waals surface area contributed by atoms with Crippen molar-refractivity contribution >= 4 is 15.9 Å². The smallest absolute Gasteiger partial charge is 0.243 e. The molecule has 4 rings (SSSR count). The Morgan fingerprint density at radius 1 is 0.906 bits per heavy atom. The Kier molecular flexibility index (Phi) is 7.01. The predicted molar refractivity (Wildman–Crippen MR) is 127 cm³/mol. The summed E-state index contributed by atoms with van der Waals surface area (Å²) in [5.41, 5.74) is 3.08. The molecule has 1 amide bonds. The van der Waals surface area contributed by atoms with Gasteiger partial charge in [0.05, 0.1) is 4.90 Å². The van der Waals surface area contributed by atoms with Crippen LogP contribution < -0.4 is 0 Å². The summed E-state index contributed by atoms with van der Waals surface area (Å²) in [6, 6.07) is 16.1. The first-order valence-electron chi connectivity index (χ1n) is 11.7. The highest BCUT2D eigenvalue weighted by Crippen LogP contribution is 2.29. The minimum atomic E-state index is -3.52. The van der Waals surface area contributed by atoms with Crippen molar-refractivity contribution in [2.75, 3.05) is 26.2 Å². The van der Waals surface area contributed by atoms with Crippen LogP contribution in [-0.2, 0) is 21.2 Å². The quantitative estimate of drug-likeness (QED) is 0.681. The average Bonchev–Trinajstić information content (AvgIpc) is 2.81. The highest BCUT2D eigenvalue weighted by atomic mass is 32.2. The van der Waals surface area contributed by atoms with E-state index in [4.69, 9.17) is 0 Å². The van der Waals surface area contributed by atoms with Gasteiger partial charge in [-0.2, -0.15) is 4.31 Å². The maximum Gasteiger partial charge on any atom is 0.243 e. The van der Waals surface area contributed by atoms with Crippen LogP contribution >= 0.6 is 0 Å². The van der Waals surface area contributed by atoms with Crippen LogP contribution in [0.3, 0.4) is 0 Å². The van der Waals surface area contributed by atoms with E-state index in [2.05, 4.69) is 24.3 Å². The van der Waals surface area contributed by atoms with E-state index in [1.807, 2.05) is 36.9 Å². The van der Waals surface area contributed by atoms with Gasteiger partial charge in [-0.15, -0.1) is 0 Å². The third kappa shape index (κ3) is 5.07. The van der Waals surface area contributed by atoms with E-state index < -0.39 is 10.0 Å². The zero-order valence-electron chi connectivity index (χ0n) is 19.2. The zero-order valence-corrected chi connectivity index (χ0v) is 20.0. The molecule has 172 valence electrons. The minimum absolute atomic E-state index is 0.0641. The molecule has 0 bridgehead atoms. The molecule has 0 aromatic heterocycles. The van der Waals surface area contributed by atoms with Crippen LogP contribution in [0.2, 0.25) is 0 Å². The van der Waals surface area contributed by atoms with Crippen LogP contribution in [-0.4, -0.2) is 49.7 Å². The van der Waals surface area contributed by atoms with E-state index in [1.54, 1.807) is 10.4 Å². The molecule has 0 N–H and O–H groups in total. The number of rotatable bonds is 5. The maximum atomic E-state index is 13.2. The zero-order chi connectivity index (χ0) is 22.7. The van der Waals surface area contributed by atoms with E-state index in [1.165, 1.54) is 5.56 Å². The molecule has 2 saturated heterocycles. The summed E-state index contributed by atoms with van der Waals surface area (Å²) >= 11 is 0. The number of sulfonamides is 1. The Bertz CT molecular complexity index is 1040. The van der Waals surface area contributed by atoms with Gasteiger partial charge in [-0.25, -0.2) is 8.42 Å². The lowest BCUT2D eigenvalue weighted by molar-refractivity contribution is -0.138. The predicted octanol–water partition coefficient (Wildman–Crippen LogP) is 4.19. The number of aryl methyl sites for hydroxylation is 2. The van der Waals surface area contributed by atoms with Gasteiger partial charge in [0.25, 0.3) is 0 Å². The second-order valence-corrected chi connectivity index (χ2v) is 11.3. The van der Waals surface area contributed by atoms with Gasteiger partial charge in [0, 0.05) is 32.1 Å². The van der Waals surface area contributed by atoms with E-state index in [9.17, 15) is 13.2 Å². The fourth-order valence-electron chi connectivity index (χ4n) is 5.03. The maximum absolute atomic E-state index is 13.2. The molecule has 6 heteroatoms. The molecule has 0 radical (unpaired) electrons. The van der Waals surface area contributed by atoms with Crippen LogP contribution in [0.25, 0.3) is 0 Å². The first-order valence-corrected chi connectivity index (χ1v) is 13.2.